The maximum atomic E-state index is 2.40. The van der Waals surface area contributed by atoms with Crippen LogP contribution in [0.25, 0.3) is 54.6 Å². The summed E-state index contributed by atoms with van der Waals surface area (Å²) < 4.78 is 0. The molecule has 0 fully saturated rings. The lowest BCUT2D eigenvalue weighted by Crippen LogP contribution is -2.10. The summed E-state index contributed by atoms with van der Waals surface area (Å²) >= 11 is 0. The van der Waals surface area contributed by atoms with E-state index in [1.807, 2.05) is 0 Å². The van der Waals surface area contributed by atoms with Crippen molar-refractivity contribution in [2.75, 3.05) is 9.80 Å². The largest absolute Gasteiger partial charge is 0.310 e. The Balaban J connectivity index is 1.13. The summed E-state index contributed by atoms with van der Waals surface area (Å²) in [7, 11) is 0. The SMILES string of the molecule is c1ccc(-c2ccc(N(c3ccccc3)c3ccc4ccc5c(ccc6cccc(N(c7ccccc7)c7ccc(-c8ccccc8)cc7)c65)c4c3)cc2)cc1. The van der Waals surface area contributed by atoms with Crippen molar-refractivity contribution in [1.82, 2.24) is 0 Å². The van der Waals surface area contributed by atoms with Gasteiger partial charge in [0.15, 0.2) is 0 Å². The van der Waals surface area contributed by atoms with Crippen molar-refractivity contribution in [2.24, 2.45) is 0 Å². The first-order chi connectivity index (χ1) is 27.8. The molecule has 0 radical (unpaired) electrons. The predicted molar refractivity (Wildman–Crippen MR) is 239 cm³/mol. The first-order valence-electron chi connectivity index (χ1n) is 19.2. The van der Waals surface area contributed by atoms with Crippen molar-refractivity contribution in [3.63, 3.8) is 0 Å². The maximum absolute atomic E-state index is 2.40. The summed E-state index contributed by atoms with van der Waals surface area (Å²) in [6.45, 7) is 0. The second-order valence-corrected chi connectivity index (χ2v) is 14.2. The maximum Gasteiger partial charge on any atom is 0.0546 e. The third-order valence-corrected chi connectivity index (χ3v) is 10.8. The van der Waals surface area contributed by atoms with Gasteiger partial charge in [-0.15, -0.1) is 0 Å². The van der Waals surface area contributed by atoms with Gasteiger partial charge in [-0.05, 0) is 116 Å². The fourth-order valence-corrected chi connectivity index (χ4v) is 8.11. The van der Waals surface area contributed by atoms with E-state index in [0.717, 1.165) is 34.1 Å². The first kappa shape index (κ1) is 33.2. The summed E-state index contributed by atoms with van der Waals surface area (Å²) in [5.41, 5.74) is 11.5. The average molecular weight is 715 g/mol. The van der Waals surface area contributed by atoms with Crippen molar-refractivity contribution in [3.8, 4) is 22.3 Å². The van der Waals surface area contributed by atoms with E-state index in [9.17, 15) is 0 Å². The highest BCUT2D eigenvalue weighted by atomic mass is 15.1. The zero-order valence-corrected chi connectivity index (χ0v) is 30.8. The highest BCUT2D eigenvalue weighted by Crippen LogP contribution is 2.44. The summed E-state index contributed by atoms with van der Waals surface area (Å²) in [5.74, 6) is 0. The number of para-hydroxylation sites is 2. The first-order valence-corrected chi connectivity index (χ1v) is 19.2. The second kappa shape index (κ2) is 14.4. The molecule has 2 heteroatoms. The topological polar surface area (TPSA) is 6.48 Å². The monoisotopic (exact) mass is 714 g/mol. The van der Waals surface area contributed by atoms with Crippen LogP contribution in [0.1, 0.15) is 0 Å². The minimum Gasteiger partial charge on any atom is -0.310 e. The molecule has 10 aromatic carbocycles. The highest BCUT2D eigenvalue weighted by Gasteiger charge is 2.19. The lowest BCUT2D eigenvalue weighted by Gasteiger charge is -2.28. The Bertz CT molecular complexity index is 2920. The van der Waals surface area contributed by atoms with Crippen LogP contribution in [-0.4, -0.2) is 0 Å². The van der Waals surface area contributed by atoms with Gasteiger partial charge in [0.05, 0.1) is 5.69 Å². The molecular weight excluding hydrogens is 677 g/mol. The van der Waals surface area contributed by atoms with Gasteiger partial charge in [0, 0.05) is 33.8 Å². The molecule has 0 heterocycles. The summed E-state index contributed by atoms with van der Waals surface area (Å²) in [5, 5.41) is 7.31. The standard InChI is InChI=1S/C54H38N2/c1-5-14-39(15-6-1)41-24-31-47(32-25-41)55(45-19-9-3-10-20-45)49-35-28-43-29-37-51-50(52(43)38-49)36-30-44-18-13-23-53(54(44)51)56(46-21-11-4-12-22-46)48-33-26-42(27-34-48)40-16-7-2-8-17-40/h1-38H. The number of benzene rings is 10. The number of rotatable bonds is 8. The molecule has 264 valence electrons. The Morgan fingerprint density at radius 3 is 1.25 bits per heavy atom. The van der Waals surface area contributed by atoms with E-state index in [1.165, 1.54) is 54.6 Å². The van der Waals surface area contributed by atoms with Crippen LogP contribution in [0.5, 0.6) is 0 Å². The molecule has 0 aliphatic rings. The molecule has 0 amide bonds. The fourth-order valence-electron chi connectivity index (χ4n) is 8.11. The molecule has 10 rings (SSSR count). The van der Waals surface area contributed by atoms with Crippen molar-refractivity contribution >= 4 is 66.4 Å². The smallest absolute Gasteiger partial charge is 0.0546 e. The Morgan fingerprint density at radius 2 is 0.661 bits per heavy atom. The van der Waals surface area contributed by atoms with Gasteiger partial charge in [-0.3, -0.25) is 0 Å². The Labute approximate surface area is 327 Å². The lowest BCUT2D eigenvalue weighted by atomic mass is 9.95. The second-order valence-electron chi connectivity index (χ2n) is 14.2. The molecule has 0 saturated carbocycles. The van der Waals surface area contributed by atoms with Gasteiger partial charge in [0.1, 0.15) is 0 Å². The number of fused-ring (bicyclic) bond motifs is 5. The van der Waals surface area contributed by atoms with Crippen molar-refractivity contribution in [2.45, 2.75) is 0 Å². The van der Waals surface area contributed by atoms with Crippen molar-refractivity contribution < 1.29 is 0 Å². The molecule has 0 N–H and O–H groups in total. The molecule has 10 aromatic rings. The molecule has 0 atom stereocenters. The fraction of sp³-hybridized carbons (Fsp3) is 0. The van der Waals surface area contributed by atoms with Crippen LogP contribution in [0.3, 0.4) is 0 Å². The van der Waals surface area contributed by atoms with Gasteiger partial charge in [-0.25, -0.2) is 0 Å². The van der Waals surface area contributed by atoms with E-state index in [0.29, 0.717) is 0 Å². The molecule has 56 heavy (non-hydrogen) atoms. The van der Waals surface area contributed by atoms with E-state index in [4.69, 9.17) is 0 Å². The van der Waals surface area contributed by atoms with Crippen molar-refractivity contribution in [1.29, 1.82) is 0 Å². The van der Waals surface area contributed by atoms with E-state index in [1.54, 1.807) is 0 Å². The molecule has 0 spiro atoms. The van der Waals surface area contributed by atoms with E-state index in [-0.39, 0.29) is 0 Å². The van der Waals surface area contributed by atoms with Gasteiger partial charge in [-0.1, -0.05) is 164 Å². The molecule has 0 aliphatic carbocycles. The van der Waals surface area contributed by atoms with Crippen LogP contribution < -0.4 is 9.80 Å². The molecule has 0 bridgehead atoms. The molecule has 2 nitrogen and oxygen atoms in total. The molecule has 0 unspecified atom stereocenters. The highest BCUT2D eigenvalue weighted by molar-refractivity contribution is 6.21. The number of hydrogen-bond acceptors (Lipinski definition) is 2. The lowest BCUT2D eigenvalue weighted by molar-refractivity contribution is 1.29. The molecular formula is C54H38N2. The van der Waals surface area contributed by atoms with Gasteiger partial charge in [0.25, 0.3) is 0 Å². The molecule has 0 aliphatic heterocycles. The van der Waals surface area contributed by atoms with Gasteiger partial charge in [-0.2, -0.15) is 0 Å². The van der Waals surface area contributed by atoms with Crippen LogP contribution >= 0.6 is 0 Å². The Hall–Kier alpha value is -7.42. The van der Waals surface area contributed by atoms with Crippen LogP contribution in [0, 0.1) is 0 Å². The number of nitrogens with zero attached hydrogens (tertiary/aromatic N) is 2. The quantitative estimate of drug-likeness (QED) is 0.145. The average Bonchev–Trinajstić information content (AvgIpc) is 3.28. The Morgan fingerprint density at radius 1 is 0.232 bits per heavy atom. The molecule has 0 aromatic heterocycles. The van der Waals surface area contributed by atoms with Crippen LogP contribution in [0.2, 0.25) is 0 Å². The third kappa shape index (κ3) is 6.14. The van der Waals surface area contributed by atoms with E-state index < -0.39 is 0 Å². The van der Waals surface area contributed by atoms with Crippen LogP contribution in [0.15, 0.2) is 231 Å². The zero-order chi connectivity index (χ0) is 37.3. The normalized spacial score (nSPS) is 11.2. The van der Waals surface area contributed by atoms with Crippen LogP contribution in [0.4, 0.5) is 34.1 Å². The van der Waals surface area contributed by atoms with Gasteiger partial charge >= 0.3 is 0 Å². The molecule has 0 saturated heterocycles. The van der Waals surface area contributed by atoms with Gasteiger partial charge < -0.3 is 9.80 Å². The van der Waals surface area contributed by atoms with Crippen molar-refractivity contribution in [3.05, 3.63) is 231 Å². The number of anilines is 6. The summed E-state index contributed by atoms with van der Waals surface area (Å²) in [4.78, 5) is 4.75. The van der Waals surface area contributed by atoms with E-state index >= 15 is 0 Å². The zero-order valence-electron chi connectivity index (χ0n) is 30.8. The van der Waals surface area contributed by atoms with Gasteiger partial charge in [0.2, 0.25) is 0 Å². The van der Waals surface area contributed by atoms with E-state index in [2.05, 4.69) is 240 Å². The number of hydrogen-bond donors (Lipinski definition) is 0. The minimum absolute atomic E-state index is 1.11. The summed E-state index contributed by atoms with van der Waals surface area (Å²) in [6, 6.07) is 83.1. The minimum atomic E-state index is 1.11. The third-order valence-electron chi connectivity index (χ3n) is 10.8. The predicted octanol–water partition coefficient (Wildman–Crippen LogP) is 15.4. The van der Waals surface area contributed by atoms with Crippen LogP contribution in [-0.2, 0) is 0 Å². The summed E-state index contributed by atoms with van der Waals surface area (Å²) in [6.07, 6.45) is 0. The Kier molecular flexibility index (Phi) is 8.55.